The molecule has 6 heterocycles. The van der Waals surface area contributed by atoms with Crippen molar-refractivity contribution in [3.05, 3.63) is 48.5 Å². The Labute approximate surface area is 202 Å². The van der Waals surface area contributed by atoms with Gasteiger partial charge in [-0.25, -0.2) is 9.97 Å². The largest absolute Gasteiger partial charge is 0.352 e. The van der Waals surface area contributed by atoms with Gasteiger partial charge >= 0.3 is 0 Å². The number of H-pyrrole nitrogens is 2. The zero-order chi connectivity index (χ0) is 23.8. The normalized spacial score (nSPS) is 14.9. The van der Waals surface area contributed by atoms with Crippen molar-refractivity contribution in [3.8, 4) is 22.8 Å². The van der Waals surface area contributed by atoms with Crippen molar-refractivity contribution >= 4 is 27.8 Å². The van der Waals surface area contributed by atoms with Crippen molar-refractivity contribution in [1.29, 1.82) is 0 Å². The molecule has 5 aromatic rings. The van der Waals surface area contributed by atoms with E-state index in [-0.39, 0.29) is 0 Å². The lowest BCUT2D eigenvalue weighted by Gasteiger charge is -2.33. The van der Waals surface area contributed by atoms with Gasteiger partial charge in [-0.15, -0.1) is 0 Å². The lowest BCUT2D eigenvalue weighted by Crippen LogP contribution is -2.44. The van der Waals surface area contributed by atoms with Gasteiger partial charge in [0, 0.05) is 62.3 Å². The second-order valence-electron chi connectivity index (χ2n) is 8.96. The summed E-state index contributed by atoms with van der Waals surface area (Å²) in [4.78, 5) is 26.8. The number of piperazine rings is 1. The number of nitrogens with one attached hydrogen (secondary N) is 3. The molecule has 0 spiro atoms. The van der Waals surface area contributed by atoms with E-state index in [1.807, 2.05) is 30.9 Å². The number of pyridine rings is 3. The summed E-state index contributed by atoms with van der Waals surface area (Å²) in [5.74, 6) is 1.63. The van der Waals surface area contributed by atoms with Crippen LogP contribution in [0.3, 0.4) is 0 Å². The molecule has 3 N–H and O–H groups in total. The molecule has 0 saturated carbocycles. The lowest BCUT2D eigenvalue weighted by molar-refractivity contribution is 0.312. The van der Waals surface area contributed by atoms with E-state index in [1.165, 1.54) is 0 Å². The molecule has 0 atom stereocenters. The van der Waals surface area contributed by atoms with Crippen LogP contribution in [0.1, 0.15) is 12.5 Å². The molecule has 10 heteroatoms. The summed E-state index contributed by atoms with van der Waals surface area (Å²) in [7, 11) is 2.15. The minimum Gasteiger partial charge on any atom is -0.352 e. The second-order valence-corrected chi connectivity index (χ2v) is 8.96. The number of nitrogens with zero attached hydrogens (tertiary/aromatic N) is 7. The smallest absolute Gasteiger partial charge is 0.159 e. The van der Waals surface area contributed by atoms with E-state index < -0.39 is 0 Å². The molecule has 0 unspecified atom stereocenters. The molecular formula is C25H28N10. The van der Waals surface area contributed by atoms with Gasteiger partial charge in [-0.05, 0) is 37.4 Å². The molecule has 1 fully saturated rings. The molecule has 0 amide bonds. The average Bonchev–Trinajstić information content (AvgIpc) is 3.51. The molecule has 0 radical (unpaired) electrons. The van der Waals surface area contributed by atoms with Gasteiger partial charge in [0.15, 0.2) is 11.6 Å². The summed E-state index contributed by atoms with van der Waals surface area (Å²) in [6.07, 6.45) is 7.39. The van der Waals surface area contributed by atoms with E-state index in [1.54, 1.807) is 0 Å². The Balaban J connectivity index is 1.38. The number of rotatable bonds is 6. The molecule has 178 valence electrons. The van der Waals surface area contributed by atoms with E-state index in [2.05, 4.69) is 71.4 Å². The van der Waals surface area contributed by atoms with Gasteiger partial charge in [0.1, 0.15) is 11.2 Å². The van der Waals surface area contributed by atoms with Gasteiger partial charge in [0.05, 0.1) is 22.9 Å². The van der Waals surface area contributed by atoms with Crippen molar-refractivity contribution in [2.24, 2.45) is 0 Å². The maximum atomic E-state index is 4.95. The van der Waals surface area contributed by atoms with Gasteiger partial charge in [-0.3, -0.25) is 15.1 Å². The van der Waals surface area contributed by atoms with Crippen LogP contribution >= 0.6 is 0 Å². The van der Waals surface area contributed by atoms with Crippen LogP contribution in [0, 0.1) is 0 Å². The molecule has 1 aliphatic rings. The predicted octanol–water partition coefficient (Wildman–Crippen LogP) is 2.82. The van der Waals surface area contributed by atoms with Gasteiger partial charge in [-0.2, -0.15) is 5.10 Å². The van der Waals surface area contributed by atoms with Gasteiger partial charge < -0.3 is 20.1 Å². The molecule has 0 aliphatic carbocycles. The molecule has 0 bridgehead atoms. The minimum absolute atomic E-state index is 0.714. The number of hydrogen-bond acceptors (Lipinski definition) is 8. The second kappa shape index (κ2) is 9.05. The maximum Gasteiger partial charge on any atom is 0.159 e. The Morgan fingerprint density at radius 1 is 1.03 bits per heavy atom. The maximum absolute atomic E-state index is 4.95. The van der Waals surface area contributed by atoms with Gasteiger partial charge in [-0.1, -0.05) is 6.92 Å². The summed E-state index contributed by atoms with van der Waals surface area (Å²) in [6.45, 7) is 7.68. The van der Waals surface area contributed by atoms with E-state index in [0.717, 1.165) is 89.5 Å². The summed E-state index contributed by atoms with van der Waals surface area (Å²) < 4.78 is 0. The minimum atomic E-state index is 0.714. The van der Waals surface area contributed by atoms with Crippen LogP contribution in [0.2, 0.25) is 0 Å². The first-order valence-corrected chi connectivity index (χ1v) is 12.0. The number of likely N-dealkylation sites (N-methyl/N-ethyl adjacent to an activating group) is 1. The Morgan fingerprint density at radius 2 is 1.91 bits per heavy atom. The highest BCUT2D eigenvalue weighted by Gasteiger charge is 2.21. The fourth-order valence-electron chi connectivity index (χ4n) is 4.53. The van der Waals surface area contributed by atoms with Crippen molar-refractivity contribution in [1.82, 2.24) is 45.3 Å². The van der Waals surface area contributed by atoms with Crippen LogP contribution in [0.15, 0.2) is 43.0 Å². The fourth-order valence-corrected chi connectivity index (χ4v) is 4.53. The molecule has 10 nitrogen and oxygen atoms in total. The lowest BCUT2D eigenvalue weighted by atomic mass is 10.1. The Bertz CT molecular complexity index is 1480. The van der Waals surface area contributed by atoms with Crippen LogP contribution in [0.25, 0.3) is 44.7 Å². The van der Waals surface area contributed by atoms with Crippen molar-refractivity contribution in [2.75, 3.05) is 44.7 Å². The quantitative estimate of drug-likeness (QED) is 0.349. The molecule has 1 aliphatic heterocycles. The first kappa shape index (κ1) is 21.6. The third kappa shape index (κ3) is 4.11. The van der Waals surface area contributed by atoms with Gasteiger partial charge in [0.2, 0.25) is 0 Å². The average molecular weight is 469 g/mol. The number of aromatic nitrogens is 7. The predicted molar refractivity (Wildman–Crippen MR) is 137 cm³/mol. The Hall–Kier alpha value is -3.89. The number of imidazole rings is 1. The van der Waals surface area contributed by atoms with Gasteiger partial charge in [0.25, 0.3) is 0 Å². The highest BCUT2D eigenvalue weighted by Crippen LogP contribution is 2.31. The molecule has 0 aromatic carbocycles. The van der Waals surface area contributed by atoms with E-state index in [0.29, 0.717) is 5.82 Å². The SMILES string of the molecule is CCNCc1cncc(-c2cc3c(-c4nc5c(N6CCN(C)CC6)nccc5[nH]4)n[nH]c3cn2)c1. The zero-order valence-electron chi connectivity index (χ0n) is 19.9. The molecule has 35 heavy (non-hydrogen) atoms. The van der Waals surface area contributed by atoms with E-state index in [4.69, 9.17) is 4.98 Å². The first-order valence-electron chi connectivity index (χ1n) is 12.0. The summed E-state index contributed by atoms with van der Waals surface area (Å²) >= 11 is 0. The van der Waals surface area contributed by atoms with Crippen molar-refractivity contribution < 1.29 is 0 Å². The van der Waals surface area contributed by atoms with Crippen LogP contribution in [0.5, 0.6) is 0 Å². The highest BCUT2D eigenvalue weighted by atomic mass is 15.3. The zero-order valence-corrected chi connectivity index (χ0v) is 19.9. The van der Waals surface area contributed by atoms with Crippen LogP contribution in [-0.4, -0.2) is 79.8 Å². The molecule has 6 rings (SSSR count). The third-order valence-electron chi connectivity index (χ3n) is 6.53. The van der Waals surface area contributed by atoms with Crippen molar-refractivity contribution in [2.45, 2.75) is 13.5 Å². The topological polar surface area (TPSA) is 115 Å². The number of fused-ring (bicyclic) bond motifs is 2. The fraction of sp³-hybridized carbons (Fsp3) is 0.320. The highest BCUT2D eigenvalue weighted by molar-refractivity contribution is 5.96. The first-order chi connectivity index (χ1) is 17.2. The standard InChI is InChI=1S/C25H28N10/c1-3-26-12-16-10-17(14-27-13-16)20-11-18-21(15-29-20)32-33-22(18)24-30-19-4-5-28-25(23(19)31-24)35-8-6-34(2)7-9-35/h4-5,10-11,13-15,26H,3,6-9,12H2,1-2H3,(H,30,31)(H,32,33). The monoisotopic (exact) mass is 468 g/mol. The third-order valence-corrected chi connectivity index (χ3v) is 6.53. The molecular weight excluding hydrogens is 440 g/mol. The van der Waals surface area contributed by atoms with E-state index >= 15 is 0 Å². The van der Waals surface area contributed by atoms with E-state index in [9.17, 15) is 0 Å². The number of aromatic amines is 2. The van der Waals surface area contributed by atoms with Crippen LogP contribution in [0.4, 0.5) is 5.82 Å². The summed E-state index contributed by atoms with van der Waals surface area (Å²) in [5, 5.41) is 12.0. The van der Waals surface area contributed by atoms with Crippen LogP contribution < -0.4 is 10.2 Å². The molecule has 1 saturated heterocycles. The summed E-state index contributed by atoms with van der Waals surface area (Å²) in [6, 6.07) is 6.14. The Morgan fingerprint density at radius 3 is 2.77 bits per heavy atom. The van der Waals surface area contributed by atoms with Crippen LogP contribution in [-0.2, 0) is 6.54 Å². The van der Waals surface area contributed by atoms with Crippen molar-refractivity contribution in [3.63, 3.8) is 0 Å². The number of anilines is 1. The Kier molecular flexibility index (Phi) is 5.59. The number of hydrogen-bond donors (Lipinski definition) is 3. The molecule has 5 aromatic heterocycles. The summed E-state index contributed by atoms with van der Waals surface area (Å²) in [5.41, 5.74) is 6.40.